The van der Waals surface area contributed by atoms with Gasteiger partial charge in [0.2, 0.25) is 5.95 Å². The van der Waals surface area contributed by atoms with Crippen LogP contribution in [-0.2, 0) is 6.54 Å². The topological polar surface area (TPSA) is 88.5 Å². The van der Waals surface area contributed by atoms with Gasteiger partial charge in [0.15, 0.2) is 0 Å². The van der Waals surface area contributed by atoms with Crippen LogP contribution >= 0.6 is 0 Å². The molecule has 7 nitrogen and oxygen atoms in total. The summed E-state index contributed by atoms with van der Waals surface area (Å²) in [6.45, 7) is 2.48. The standard InChI is InChI=1S/C15H15F3N6O/c1-3-24-12-9(6-10(13(24)25)11-4-5-20-23-11)8(2)21-14(22-12)19-7-15(16,17)18/h4-6H,3,7H2,1-2H3,(H,20,23)(H,19,21,22). The van der Waals surface area contributed by atoms with Crippen molar-refractivity contribution >= 4 is 17.0 Å². The van der Waals surface area contributed by atoms with Gasteiger partial charge >= 0.3 is 6.18 Å². The molecule has 0 aromatic carbocycles. The Labute approximate surface area is 139 Å². The smallest absolute Gasteiger partial charge is 0.345 e. The number of hydrogen-bond acceptors (Lipinski definition) is 5. The van der Waals surface area contributed by atoms with Gasteiger partial charge in [-0.25, -0.2) is 4.98 Å². The first-order valence-electron chi connectivity index (χ1n) is 7.52. The monoisotopic (exact) mass is 352 g/mol. The lowest BCUT2D eigenvalue weighted by molar-refractivity contribution is -0.115. The molecule has 0 atom stereocenters. The Kier molecular flexibility index (Phi) is 4.19. The highest BCUT2D eigenvalue weighted by atomic mass is 19.4. The molecular formula is C15H15F3N6O. The Morgan fingerprint density at radius 3 is 2.68 bits per heavy atom. The molecule has 0 radical (unpaired) electrons. The Balaban J connectivity index is 2.18. The number of aromatic nitrogens is 5. The lowest BCUT2D eigenvalue weighted by Crippen LogP contribution is -2.25. The third-order valence-electron chi connectivity index (χ3n) is 3.69. The van der Waals surface area contributed by atoms with Gasteiger partial charge in [-0.15, -0.1) is 0 Å². The number of anilines is 1. The maximum absolute atomic E-state index is 12.7. The van der Waals surface area contributed by atoms with E-state index in [2.05, 4.69) is 25.5 Å². The van der Waals surface area contributed by atoms with Crippen molar-refractivity contribution in [3.05, 3.63) is 34.4 Å². The predicted molar refractivity (Wildman–Crippen MR) is 86.3 cm³/mol. The van der Waals surface area contributed by atoms with E-state index in [4.69, 9.17) is 0 Å². The first-order chi connectivity index (χ1) is 11.8. The second kappa shape index (κ2) is 6.19. The molecule has 0 aliphatic rings. The predicted octanol–water partition coefficient (Wildman–Crippen LogP) is 2.48. The highest BCUT2D eigenvalue weighted by Gasteiger charge is 2.27. The fraction of sp³-hybridized carbons (Fsp3) is 0.333. The molecule has 3 heterocycles. The number of halogens is 3. The van der Waals surface area contributed by atoms with E-state index in [1.165, 1.54) is 10.8 Å². The van der Waals surface area contributed by atoms with Crippen molar-refractivity contribution in [1.29, 1.82) is 0 Å². The minimum atomic E-state index is -4.39. The molecule has 3 aromatic rings. The maximum Gasteiger partial charge on any atom is 0.405 e. The highest BCUT2D eigenvalue weighted by molar-refractivity contribution is 5.83. The quantitative estimate of drug-likeness (QED) is 0.753. The summed E-state index contributed by atoms with van der Waals surface area (Å²) in [6.07, 6.45) is -2.86. The molecule has 0 spiro atoms. The lowest BCUT2D eigenvalue weighted by atomic mass is 10.1. The van der Waals surface area contributed by atoms with Crippen LogP contribution in [0.2, 0.25) is 0 Å². The summed E-state index contributed by atoms with van der Waals surface area (Å²) in [5, 5.41) is 9.31. The third-order valence-corrected chi connectivity index (χ3v) is 3.69. The number of H-pyrrole nitrogens is 1. The molecule has 0 bridgehead atoms. The van der Waals surface area contributed by atoms with Crippen LogP contribution in [0.5, 0.6) is 0 Å². The molecule has 0 unspecified atom stereocenters. The van der Waals surface area contributed by atoms with Crippen LogP contribution in [0.15, 0.2) is 23.1 Å². The first kappa shape index (κ1) is 16.9. The van der Waals surface area contributed by atoms with Gasteiger partial charge in [-0.2, -0.15) is 23.3 Å². The summed E-state index contributed by atoms with van der Waals surface area (Å²) in [5.74, 6) is -0.168. The Morgan fingerprint density at radius 2 is 2.08 bits per heavy atom. The second-order valence-electron chi connectivity index (χ2n) is 5.42. The summed E-state index contributed by atoms with van der Waals surface area (Å²) in [6, 6.07) is 3.29. The van der Waals surface area contributed by atoms with E-state index < -0.39 is 12.7 Å². The molecule has 0 aliphatic heterocycles. The minimum Gasteiger partial charge on any atom is -0.345 e. The number of rotatable bonds is 4. The van der Waals surface area contributed by atoms with Gasteiger partial charge in [0.05, 0.1) is 17.0 Å². The highest BCUT2D eigenvalue weighted by Crippen LogP contribution is 2.22. The number of nitrogens with one attached hydrogen (secondary N) is 2. The Morgan fingerprint density at radius 1 is 1.32 bits per heavy atom. The molecule has 2 N–H and O–H groups in total. The molecule has 0 amide bonds. The van der Waals surface area contributed by atoms with Gasteiger partial charge < -0.3 is 5.32 Å². The van der Waals surface area contributed by atoms with E-state index in [0.29, 0.717) is 28.9 Å². The van der Waals surface area contributed by atoms with Gasteiger partial charge in [-0.1, -0.05) is 0 Å². The van der Waals surface area contributed by atoms with E-state index in [-0.39, 0.29) is 17.2 Å². The van der Waals surface area contributed by atoms with Crippen LogP contribution in [0, 0.1) is 6.92 Å². The molecule has 0 fully saturated rings. The molecular weight excluding hydrogens is 337 g/mol. The second-order valence-corrected chi connectivity index (χ2v) is 5.42. The van der Waals surface area contributed by atoms with Gasteiger partial charge in [0.1, 0.15) is 12.2 Å². The summed E-state index contributed by atoms with van der Waals surface area (Å²) in [5.41, 5.74) is 1.40. The summed E-state index contributed by atoms with van der Waals surface area (Å²) in [4.78, 5) is 20.9. The molecule has 25 heavy (non-hydrogen) atoms. The van der Waals surface area contributed by atoms with Crippen molar-refractivity contribution in [2.24, 2.45) is 0 Å². The van der Waals surface area contributed by atoms with Crippen molar-refractivity contribution in [3.8, 4) is 11.3 Å². The fourth-order valence-corrected chi connectivity index (χ4v) is 2.54. The molecule has 0 saturated carbocycles. The Hall–Kier alpha value is -2.91. The third kappa shape index (κ3) is 3.32. The largest absolute Gasteiger partial charge is 0.405 e. The van der Waals surface area contributed by atoms with Crippen LogP contribution in [0.25, 0.3) is 22.3 Å². The summed E-state index contributed by atoms with van der Waals surface area (Å²) in [7, 11) is 0. The maximum atomic E-state index is 12.7. The molecule has 3 rings (SSSR count). The molecule has 0 aliphatic carbocycles. The summed E-state index contributed by atoms with van der Waals surface area (Å²) >= 11 is 0. The number of nitrogens with zero attached hydrogens (tertiary/aromatic N) is 4. The number of aryl methyl sites for hydroxylation is 2. The van der Waals surface area contributed by atoms with E-state index in [0.717, 1.165) is 0 Å². The van der Waals surface area contributed by atoms with Crippen LogP contribution < -0.4 is 10.9 Å². The fourth-order valence-electron chi connectivity index (χ4n) is 2.54. The van der Waals surface area contributed by atoms with Crippen molar-refractivity contribution in [2.45, 2.75) is 26.6 Å². The van der Waals surface area contributed by atoms with Crippen molar-refractivity contribution < 1.29 is 13.2 Å². The Bertz CT molecular complexity index is 962. The van der Waals surface area contributed by atoms with Crippen LogP contribution in [0.3, 0.4) is 0 Å². The van der Waals surface area contributed by atoms with E-state index in [1.54, 1.807) is 26.0 Å². The normalized spacial score (nSPS) is 11.9. The first-order valence-corrected chi connectivity index (χ1v) is 7.52. The minimum absolute atomic E-state index is 0.168. The molecule has 10 heteroatoms. The van der Waals surface area contributed by atoms with Gasteiger partial charge in [-0.05, 0) is 26.0 Å². The van der Waals surface area contributed by atoms with Crippen LogP contribution in [0.4, 0.5) is 19.1 Å². The average molecular weight is 352 g/mol. The van der Waals surface area contributed by atoms with Gasteiger partial charge in [0.25, 0.3) is 5.56 Å². The van der Waals surface area contributed by atoms with Crippen LogP contribution in [0.1, 0.15) is 12.6 Å². The van der Waals surface area contributed by atoms with Crippen LogP contribution in [-0.4, -0.2) is 37.5 Å². The number of aromatic amines is 1. The average Bonchev–Trinajstić information content (AvgIpc) is 3.06. The zero-order valence-electron chi connectivity index (χ0n) is 13.5. The SMILES string of the molecule is CCn1c(=O)c(-c2ccn[nH]2)cc2c(C)nc(NCC(F)(F)F)nc21. The van der Waals surface area contributed by atoms with Crippen molar-refractivity contribution in [2.75, 3.05) is 11.9 Å². The zero-order chi connectivity index (χ0) is 18.2. The molecule has 3 aromatic heterocycles. The van der Waals surface area contributed by atoms with Crippen molar-refractivity contribution in [3.63, 3.8) is 0 Å². The van der Waals surface area contributed by atoms with Gasteiger partial charge in [-0.3, -0.25) is 14.5 Å². The van der Waals surface area contributed by atoms with E-state index in [1.807, 2.05) is 0 Å². The number of fused-ring (bicyclic) bond motifs is 1. The summed E-state index contributed by atoms with van der Waals surface area (Å²) < 4.78 is 38.6. The van der Waals surface area contributed by atoms with E-state index >= 15 is 0 Å². The number of pyridine rings is 1. The number of hydrogen-bond donors (Lipinski definition) is 2. The van der Waals surface area contributed by atoms with Crippen molar-refractivity contribution in [1.82, 2.24) is 24.7 Å². The molecule has 132 valence electrons. The number of alkyl halides is 3. The van der Waals surface area contributed by atoms with E-state index in [9.17, 15) is 18.0 Å². The van der Waals surface area contributed by atoms with Gasteiger partial charge in [0, 0.05) is 18.1 Å². The zero-order valence-corrected chi connectivity index (χ0v) is 13.5. The molecule has 0 saturated heterocycles. The lowest BCUT2D eigenvalue weighted by Gasteiger charge is -2.14.